The molecule has 0 aromatic heterocycles. The van der Waals surface area contributed by atoms with E-state index in [1.54, 1.807) is 12.1 Å². The number of ketones is 1. The molecule has 28 heavy (non-hydrogen) atoms. The normalized spacial score (nSPS) is 38.8. The summed E-state index contributed by atoms with van der Waals surface area (Å²) < 4.78 is 5.50. The maximum atomic E-state index is 13.1. The van der Waals surface area contributed by atoms with Gasteiger partial charge in [-0.3, -0.25) is 4.79 Å². The van der Waals surface area contributed by atoms with Crippen molar-refractivity contribution in [3.8, 4) is 5.75 Å². The predicted molar refractivity (Wildman–Crippen MR) is 98.0 cm³/mol. The fraction of sp³-hybridized carbons (Fsp3) is 0.524. The second-order valence-electron chi connectivity index (χ2n) is 8.51. The van der Waals surface area contributed by atoms with Gasteiger partial charge in [-0.15, -0.1) is 0 Å². The smallest absolute Gasteiger partial charge is 0.343 e. The molecule has 1 saturated heterocycles. The SMILES string of the molecule is CC(C)CC[C@]1(O)[C@@]2(O)C(=O)O[C@]13C(=Cc1cccc(O)c1[C@@H]3O)C(=O)[C@@H]2C. The van der Waals surface area contributed by atoms with Gasteiger partial charge in [0.05, 0.1) is 5.92 Å². The van der Waals surface area contributed by atoms with E-state index in [-0.39, 0.29) is 29.2 Å². The van der Waals surface area contributed by atoms with Gasteiger partial charge in [-0.1, -0.05) is 32.9 Å². The Bertz CT molecular complexity index is 919. The number of hydrogen-bond acceptors (Lipinski definition) is 7. The van der Waals surface area contributed by atoms with Crippen molar-refractivity contribution in [3.05, 3.63) is 34.9 Å². The highest BCUT2D eigenvalue weighted by Gasteiger charge is 2.84. The Balaban J connectivity index is 2.04. The number of aliphatic hydroxyl groups is 3. The van der Waals surface area contributed by atoms with Crippen molar-refractivity contribution in [2.45, 2.75) is 56.5 Å². The fourth-order valence-electron chi connectivity index (χ4n) is 5.01. The number of esters is 1. The van der Waals surface area contributed by atoms with Crippen molar-refractivity contribution < 1.29 is 34.8 Å². The highest BCUT2D eigenvalue weighted by atomic mass is 16.6. The topological polar surface area (TPSA) is 124 Å². The van der Waals surface area contributed by atoms with Crippen molar-refractivity contribution in [2.75, 3.05) is 0 Å². The summed E-state index contributed by atoms with van der Waals surface area (Å²) in [5.41, 5.74) is -6.52. The van der Waals surface area contributed by atoms with Gasteiger partial charge in [0.1, 0.15) is 11.9 Å². The van der Waals surface area contributed by atoms with E-state index in [0.717, 1.165) is 0 Å². The molecule has 1 spiro atoms. The number of carbonyl (C=O) groups is 2. The third kappa shape index (κ3) is 1.89. The summed E-state index contributed by atoms with van der Waals surface area (Å²) in [5.74, 6) is -3.08. The van der Waals surface area contributed by atoms with E-state index in [0.29, 0.717) is 12.0 Å². The number of carbonyl (C=O) groups excluding carboxylic acids is 2. The van der Waals surface area contributed by atoms with Gasteiger partial charge in [0.15, 0.2) is 11.4 Å². The molecule has 150 valence electrons. The summed E-state index contributed by atoms with van der Waals surface area (Å²) in [4.78, 5) is 25.9. The molecule has 7 heteroatoms. The molecule has 0 radical (unpaired) electrons. The summed E-state index contributed by atoms with van der Waals surface area (Å²) in [5, 5.41) is 44.6. The lowest BCUT2D eigenvalue weighted by atomic mass is 9.53. The molecule has 0 unspecified atom stereocenters. The van der Waals surface area contributed by atoms with Gasteiger partial charge >= 0.3 is 5.97 Å². The minimum atomic E-state index is -2.49. The Morgan fingerprint density at radius 3 is 2.54 bits per heavy atom. The van der Waals surface area contributed by atoms with E-state index in [1.165, 1.54) is 19.1 Å². The van der Waals surface area contributed by atoms with Gasteiger partial charge in [0, 0.05) is 11.1 Å². The van der Waals surface area contributed by atoms with Gasteiger partial charge in [0.2, 0.25) is 11.2 Å². The molecule has 3 aliphatic rings. The van der Waals surface area contributed by atoms with Crippen LogP contribution in [0.15, 0.2) is 23.8 Å². The standard InChI is InChI=1S/C21H24O7/c1-10(2)7-8-19(26)20(27)11(3)16(23)13-9-12-5-4-6-14(22)15(12)17(24)21(13,19)28-18(20)25/h4-6,9-11,17,22,24,26-27H,7-8H2,1-3H3/t11-,17-,19-,20-,21-/m0/s1. The fourth-order valence-corrected chi connectivity index (χ4v) is 5.01. The van der Waals surface area contributed by atoms with Crippen LogP contribution in [0, 0.1) is 11.8 Å². The Labute approximate surface area is 162 Å². The lowest BCUT2D eigenvalue weighted by Crippen LogP contribution is -2.73. The first-order valence-corrected chi connectivity index (χ1v) is 9.47. The molecule has 4 N–H and O–H groups in total. The van der Waals surface area contributed by atoms with Crippen LogP contribution < -0.4 is 0 Å². The number of hydrogen-bond donors (Lipinski definition) is 4. The van der Waals surface area contributed by atoms with E-state index >= 15 is 0 Å². The number of benzene rings is 1. The zero-order chi connectivity index (χ0) is 20.6. The van der Waals surface area contributed by atoms with Crippen LogP contribution in [-0.4, -0.2) is 49.0 Å². The highest BCUT2D eigenvalue weighted by molar-refractivity contribution is 6.12. The average molecular weight is 388 g/mol. The first-order chi connectivity index (χ1) is 13.0. The van der Waals surface area contributed by atoms with Crippen LogP contribution in [0.5, 0.6) is 5.75 Å². The zero-order valence-electron chi connectivity index (χ0n) is 16.0. The third-order valence-electron chi connectivity index (χ3n) is 6.65. The summed E-state index contributed by atoms with van der Waals surface area (Å²) >= 11 is 0. The number of aliphatic hydroxyl groups excluding tert-OH is 1. The third-order valence-corrected chi connectivity index (χ3v) is 6.65. The molecule has 1 heterocycles. The molecule has 2 fully saturated rings. The van der Waals surface area contributed by atoms with Crippen LogP contribution in [0.1, 0.15) is 50.8 Å². The lowest BCUT2D eigenvalue weighted by Gasteiger charge is -2.53. The van der Waals surface area contributed by atoms with Gasteiger partial charge in [-0.05, 0) is 36.5 Å². The van der Waals surface area contributed by atoms with Gasteiger partial charge in [-0.2, -0.15) is 0 Å². The summed E-state index contributed by atoms with van der Waals surface area (Å²) in [6.45, 7) is 5.22. The first kappa shape index (κ1) is 19.1. The maximum absolute atomic E-state index is 13.1. The molecule has 1 saturated carbocycles. The second-order valence-corrected chi connectivity index (χ2v) is 8.51. The van der Waals surface area contributed by atoms with Crippen molar-refractivity contribution in [2.24, 2.45) is 11.8 Å². The lowest BCUT2D eigenvalue weighted by molar-refractivity contribution is -0.221. The van der Waals surface area contributed by atoms with E-state index < -0.39 is 40.6 Å². The molecule has 2 bridgehead atoms. The van der Waals surface area contributed by atoms with Crippen molar-refractivity contribution in [1.29, 1.82) is 0 Å². The molecule has 7 nitrogen and oxygen atoms in total. The molecule has 4 rings (SSSR count). The van der Waals surface area contributed by atoms with Crippen LogP contribution in [0.25, 0.3) is 6.08 Å². The summed E-state index contributed by atoms with van der Waals surface area (Å²) in [6.07, 6.45) is 0.0718. The van der Waals surface area contributed by atoms with Crippen LogP contribution in [-0.2, 0) is 14.3 Å². The van der Waals surface area contributed by atoms with Crippen LogP contribution >= 0.6 is 0 Å². The maximum Gasteiger partial charge on any atom is 0.343 e. The molecule has 1 aromatic carbocycles. The van der Waals surface area contributed by atoms with Crippen LogP contribution in [0.4, 0.5) is 0 Å². The molecular formula is C21H24O7. The Morgan fingerprint density at radius 1 is 1.21 bits per heavy atom. The van der Waals surface area contributed by atoms with Crippen molar-refractivity contribution >= 4 is 17.8 Å². The largest absolute Gasteiger partial charge is 0.508 e. The summed E-state index contributed by atoms with van der Waals surface area (Å²) in [6, 6.07) is 4.54. The Morgan fingerprint density at radius 2 is 1.89 bits per heavy atom. The van der Waals surface area contributed by atoms with Gasteiger partial charge < -0.3 is 25.2 Å². The van der Waals surface area contributed by atoms with Crippen LogP contribution in [0.3, 0.4) is 0 Å². The number of phenols is 1. The number of aromatic hydroxyl groups is 1. The van der Waals surface area contributed by atoms with Crippen molar-refractivity contribution in [3.63, 3.8) is 0 Å². The first-order valence-electron chi connectivity index (χ1n) is 9.47. The minimum Gasteiger partial charge on any atom is -0.508 e. The van der Waals surface area contributed by atoms with E-state index in [4.69, 9.17) is 4.74 Å². The molecule has 2 aliphatic carbocycles. The monoisotopic (exact) mass is 388 g/mol. The number of phenolic OH excluding ortho intramolecular Hbond substituents is 1. The quantitative estimate of drug-likeness (QED) is 0.574. The Hall–Kier alpha value is -2.22. The molecule has 5 atom stereocenters. The molecule has 1 aromatic rings. The average Bonchev–Trinajstić information content (AvgIpc) is 2.77. The number of rotatable bonds is 3. The minimum absolute atomic E-state index is 0.0497. The van der Waals surface area contributed by atoms with Gasteiger partial charge in [0.25, 0.3) is 0 Å². The van der Waals surface area contributed by atoms with Crippen molar-refractivity contribution in [1.82, 2.24) is 0 Å². The second kappa shape index (κ2) is 5.65. The Kier molecular flexibility index (Phi) is 3.86. The van der Waals surface area contributed by atoms with E-state index in [1.807, 2.05) is 13.8 Å². The predicted octanol–water partition coefficient (Wildman–Crippen LogP) is 1.24. The van der Waals surface area contributed by atoms with E-state index in [9.17, 15) is 30.0 Å². The number of Topliss-reactive ketones (excluding diaryl/α,β-unsaturated/α-hetero) is 1. The van der Waals surface area contributed by atoms with Gasteiger partial charge in [-0.25, -0.2) is 4.79 Å². The molecule has 0 amide bonds. The molecular weight excluding hydrogens is 364 g/mol. The summed E-state index contributed by atoms with van der Waals surface area (Å²) in [7, 11) is 0. The molecule has 1 aliphatic heterocycles. The zero-order valence-corrected chi connectivity index (χ0v) is 16.0. The number of fused-ring (bicyclic) bond motifs is 2. The number of ether oxygens (including phenoxy) is 1. The van der Waals surface area contributed by atoms with E-state index in [2.05, 4.69) is 0 Å². The highest BCUT2D eigenvalue weighted by Crippen LogP contribution is 2.64. The van der Waals surface area contributed by atoms with Crippen LogP contribution in [0.2, 0.25) is 0 Å².